The SMILES string of the molecule is CCCN(CC)c1ccc(C(=O)Nc2ccc(OC)c(N)c2)cn1.Cl.Cl. The number of hydrogen-bond acceptors (Lipinski definition) is 5. The minimum absolute atomic E-state index is 0. The highest BCUT2D eigenvalue weighted by Crippen LogP contribution is 2.25. The minimum atomic E-state index is -0.225. The van der Waals surface area contributed by atoms with Crippen molar-refractivity contribution in [2.24, 2.45) is 0 Å². The molecule has 0 aliphatic heterocycles. The number of pyridine rings is 1. The summed E-state index contributed by atoms with van der Waals surface area (Å²) in [4.78, 5) is 18.9. The molecule has 6 nitrogen and oxygen atoms in total. The summed E-state index contributed by atoms with van der Waals surface area (Å²) in [6.07, 6.45) is 2.65. The molecule has 1 aromatic heterocycles. The maximum atomic E-state index is 12.3. The van der Waals surface area contributed by atoms with E-state index in [1.165, 1.54) is 0 Å². The monoisotopic (exact) mass is 400 g/mol. The second-order valence-corrected chi connectivity index (χ2v) is 5.40. The predicted molar refractivity (Wildman–Crippen MR) is 112 cm³/mol. The number of nitrogens with one attached hydrogen (secondary N) is 1. The number of nitrogens with zero attached hydrogens (tertiary/aromatic N) is 2. The lowest BCUT2D eigenvalue weighted by atomic mass is 10.2. The fourth-order valence-electron chi connectivity index (χ4n) is 2.43. The lowest BCUT2D eigenvalue weighted by molar-refractivity contribution is 0.102. The molecule has 1 aromatic carbocycles. The zero-order chi connectivity index (χ0) is 17.5. The van der Waals surface area contributed by atoms with Gasteiger partial charge in [-0.2, -0.15) is 0 Å². The molecule has 1 heterocycles. The molecule has 0 atom stereocenters. The van der Waals surface area contributed by atoms with Gasteiger partial charge in [0.2, 0.25) is 0 Å². The third-order valence-corrected chi connectivity index (χ3v) is 3.70. The molecule has 8 heteroatoms. The predicted octanol–water partition coefficient (Wildman–Crippen LogP) is 4.00. The average molecular weight is 401 g/mol. The first kappa shape index (κ1) is 23.8. The summed E-state index contributed by atoms with van der Waals surface area (Å²) >= 11 is 0. The van der Waals surface area contributed by atoms with Gasteiger partial charge in [-0.05, 0) is 43.7 Å². The molecule has 144 valence electrons. The first-order valence-electron chi connectivity index (χ1n) is 8.04. The van der Waals surface area contributed by atoms with Crippen molar-refractivity contribution in [2.75, 3.05) is 36.1 Å². The van der Waals surface area contributed by atoms with Crippen molar-refractivity contribution < 1.29 is 9.53 Å². The molecule has 26 heavy (non-hydrogen) atoms. The lowest BCUT2D eigenvalue weighted by Crippen LogP contribution is -2.24. The Kier molecular flexibility index (Phi) is 10.5. The van der Waals surface area contributed by atoms with Crippen LogP contribution in [0.1, 0.15) is 30.6 Å². The van der Waals surface area contributed by atoms with E-state index in [1.54, 1.807) is 37.6 Å². The van der Waals surface area contributed by atoms with Gasteiger partial charge in [-0.1, -0.05) is 6.92 Å². The van der Waals surface area contributed by atoms with Crippen LogP contribution in [0.3, 0.4) is 0 Å². The molecule has 0 saturated heterocycles. The molecule has 0 unspecified atom stereocenters. The number of halogens is 2. The number of benzene rings is 1. The first-order valence-corrected chi connectivity index (χ1v) is 8.04. The van der Waals surface area contributed by atoms with E-state index in [0.29, 0.717) is 22.7 Å². The number of amides is 1. The summed E-state index contributed by atoms with van der Waals surface area (Å²) in [5.74, 6) is 1.23. The first-order chi connectivity index (χ1) is 11.6. The number of aromatic nitrogens is 1. The second kappa shape index (κ2) is 11.4. The van der Waals surface area contributed by atoms with Crippen LogP contribution in [0.25, 0.3) is 0 Å². The van der Waals surface area contributed by atoms with Crippen LogP contribution in [0, 0.1) is 0 Å². The number of methoxy groups -OCH3 is 1. The van der Waals surface area contributed by atoms with Gasteiger partial charge in [-0.15, -0.1) is 24.8 Å². The molecule has 0 bridgehead atoms. The highest BCUT2D eigenvalue weighted by molar-refractivity contribution is 6.04. The Morgan fingerprint density at radius 2 is 1.96 bits per heavy atom. The number of ether oxygens (including phenoxy) is 1. The van der Waals surface area contributed by atoms with Gasteiger partial charge in [0, 0.05) is 25.0 Å². The average Bonchev–Trinajstić information content (AvgIpc) is 2.60. The second-order valence-electron chi connectivity index (χ2n) is 5.40. The van der Waals surface area contributed by atoms with Crippen LogP contribution in [-0.2, 0) is 0 Å². The van der Waals surface area contributed by atoms with E-state index in [4.69, 9.17) is 10.5 Å². The molecule has 3 N–H and O–H groups in total. The Balaban J connectivity index is 0.00000312. The zero-order valence-corrected chi connectivity index (χ0v) is 16.8. The summed E-state index contributed by atoms with van der Waals surface area (Å²) in [6, 6.07) is 8.78. The van der Waals surface area contributed by atoms with Crippen LogP contribution in [-0.4, -0.2) is 31.1 Å². The van der Waals surface area contributed by atoms with E-state index in [2.05, 4.69) is 29.0 Å². The molecule has 0 aliphatic rings. The number of anilines is 3. The number of nitrogens with two attached hydrogens (primary N) is 1. The highest BCUT2D eigenvalue weighted by atomic mass is 35.5. The van der Waals surface area contributed by atoms with E-state index >= 15 is 0 Å². The quantitative estimate of drug-likeness (QED) is 0.686. The maximum absolute atomic E-state index is 12.3. The Hall–Kier alpha value is -2.18. The van der Waals surface area contributed by atoms with Gasteiger partial charge in [-0.25, -0.2) is 4.98 Å². The van der Waals surface area contributed by atoms with Crippen molar-refractivity contribution in [1.29, 1.82) is 0 Å². The summed E-state index contributed by atoms with van der Waals surface area (Å²) in [6.45, 7) is 6.05. The number of rotatable bonds is 7. The number of carbonyl (C=O) groups excluding carboxylic acids is 1. The maximum Gasteiger partial charge on any atom is 0.257 e. The number of carbonyl (C=O) groups is 1. The van der Waals surface area contributed by atoms with Crippen molar-refractivity contribution in [3.05, 3.63) is 42.1 Å². The molecule has 2 aromatic rings. The van der Waals surface area contributed by atoms with E-state index in [-0.39, 0.29) is 30.7 Å². The van der Waals surface area contributed by atoms with Crippen molar-refractivity contribution >= 4 is 47.9 Å². The molecule has 0 fully saturated rings. The van der Waals surface area contributed by atoms with E-state index in [0.717, 1.165) is 25.3 Å². The standard InChI is InChI=1S/C18H24N4O2.2ClH/c1-4-10-22(5-2)17-9-6-13(12-20-17)18(23)21-14-7-8-16(24-3)15(19)11-14;;/h6-9,11-12H,4-5,10,19H2,1-3H3,(H,21,23);2*1H. The van der Waals surface area contributed by atoms with Gasteiger partial charge in [0.25, 0.3) is 5.91 Å². The lowest BCUT2D eigenvalue weighted by Gasteiger charge is -2.21. The van der Waals surface area contributed by atoms with E-state index < -0.39 is 0 Å². The Morgan fingerprint density at radius 3 is 2.46 bits per heavy atom. The molecular weight excluding hydrogens is 375 g/mol. The van der Waals surface area contributed by atoms with Gasteiger partial charge < -0.3 is 20.7 Å². The largest absolute Gasteiger partial charge is 0.495 e. The van der Waals surface area contributed by atoms with Crippen LogP contribution in [0.5, 0.6) is 5.75 Å². The summed E-state index contributed by atoms with van der Waals surface area (Å²) in [5, 5.41) is 2.81. The number of nitrogen functional groups attached to an aromatic ring is 1. The Labute approximate surface area is 166 Å². The van der Waals surface area contributed by atoms with E-state index in [9.17, 15) is 4.79 Å². The minimum Gasteiger partial charge on any atom is -0.495 e. The molecule has 0 saturated carbocycles. The van der Waals surface area contributed by atoms with Gasteiger partial charge in [0.05, 0.1) is 18.4 Å². The van der Waals surface area contributed by atoms with Crippen LogP contribution in [0.15, 0.2) is 36.5 Å². The fourth-order valence-corrected chi connectivity index (χ4v) is 2.43. The highest BCUT2D eigenvalue weighted by Gasteiger charge is 2.10. The summed E-state index contributed by atoms with van der Waals surface area (Å²) < 4.78 is 5.10. The van der Waals surface area contributed by atoms with Crippen molar-refractivity contribution in [1.82, 2.24) is 4.98 Å². The number of hydrogen-bond donors (Lipinski definition) is 2. The van der Waals surface area contributed by atoms with Crippen LogP contribution >= 0.6 is 24.8 Å². The molecule has 1 amide bonds. The van der Waals surface area contributed by atoms with Crippen molar-refractivity contribution in [3.8, 4) is 5.75 Å². The molecular formula is C18H26Cl2N4O2. The molecule has 0 aliphatic carbocycles. The topological polar surface area (TPSA) is 80.5 Å². The third-order valence-electron chi connectivity index (χ3n) is 3.70. The summed E-state index contributed by atoms with van der Waals surface area (Å²) in [5.41, 5.74) is 7.44. The Bertz CT molecular complexity index is 696. The van der Waals surface area contributed by atoms with Gasteiger partial charge in [-0.3, -0.25) is 4.79 Å². The fraction of sp³-hybridized carbons (Fsp3) is 0.333. The molecule has 0 radical (unpaired) electrons. The third kappa shape index (κ3) is 5.97. The van der Waals surface area contributed by atoms with Crippen LogP contribution in [0.2, 0.25) is 0 Å². The summed E-state index contributed by atoms with van der Waals surface area (Å²) in [7, 11) is 1.55. The molecule has 0 spiro atoms. The van der Waals surface area contributed by atoms with Crippen LogP contribution < -0.4 is 20.7 Å². The molecule has 2 rings (SSSR count). The van der Waals surface area contributed by atoms with Gasteiger partial charge in [0.15, 0.2) is 0 Å². The van der Waals surface area contributed by atoms with Gasteiger partial charge >= 0.3 is 0 Å². The van der Waals surface area contributed by atoms with Crippen molar-refractivity contribution in [3.63, 3.8) is 0 Å². The smallest absolute Gasteiger partial charge is 0.257 e. The van der Waals surface area contributed by atoms with Crippen molar-refractivity contribution in [2.45, 2.75) is 20.3 Å². The Morgan fingerprint density at radius 1 is 1.23 bits per heavy atom. The zero-order valence-electron chi connectivity index (χ0n) is 15.2. The van der Waals surface area contributed by atoms with Crippen LogP contribution in [0.4, 0.5) is 17.2 Å². The van der Waals surface area contributed by atoms with E-state index in [1.807, 2.05) is 6.07 Å². The van der Waals surface area contributed by atoms with Gasteiger partial charge in [0.1, 0.15) is 11.6 Å². The normalized spacial score (nSPS) is 9.50.